The maximum Gasteiger partial charge on any atom is 0.196 e. The van der Waals surface area contributed by atoms with Crippen LogP contribution in [0.3, 0.4) is 0 Å². The lowest BCUT2D eigenvalue weighted by Crippen LogP contribution is -2.11. The van der Waals surface area contributed by atoms with Gasteiger partial charge in [0.25, 0.3) is 0 Å². The molecule has 1 aliphatic heterocycles. The zero-order valence-electron chi connectivity index (χ0n) is 11.5. The molecule has 3 heterocycles. The number of aryl methyl sites for hydroxylation is 1. The van der Waals surface area contributed by atoms with Gasteiger partial charge in [-0.1, -0.05) is 11.6 Å². The van der Waals surface area contributed by atoms with Gasteiger partial charge in [0, 0.05) is 6.54 Å². The van der Waals surface area contributed by atoms with Crippen molar-refractivity contribution in [3.8, 4) is 11.9 Å². The minimum absolute atomic E-state index is 0.338. The molecule has 0 saturated carbocycles. The minimum atomic E-state index is 0.338. The number of nitriles is 1. The molecule has 0 radical (unpaired) electrons. The molecule has 0 unspecified atom stereocenters. The van der Waals surface area contributed by atoms with E-state index < -0.39 is 0 Å². The quantitative estimate of drug-likeness (QED) is 0.643. The largest absolute Gasteiger partial charge is 0.486 e. The first-order valence-corrected chi connectivity index (χ1v) is 6.93. The Balaban J connectivity index is 2.13. The van der Waals surface area contributed by atoms with Crippen molar-refractivity contribution in [3.05, 3.63) is 22.5 Å². The van der Waals surface area contributed by atoms with E-state index in [4.69, 9.17) is 21.6 Å². The number of fused-ring (bicyclic) bond motifs is 1. The fraction of sp³-hybridized carbons (Fsp3) is 0.385. The number of aromatic nitrogens is 4. The molecule has 0 amide bonds. The van der Waals surface area contributed by atoms with Crippen molar-refractivity contribution in [2.45, 2.75) is 25.8 Å². The summed E-state index contributed by atoms with van der Waals surface area (Å²) in [5.41, 5.74) is 1.35. The Morgan fingerprint density at radius 1 is 1.52 bits per heavy atom. The van der Waals surface area contributed by atoms with Gasteiger partial charge in [0.05, 0.1) is 19.0 Å². The normalized spacial score (nSPS) is 14.1. The van der Waals surface area contributed by atoms with Gasteiger partial charge in [0.15, 0.2) is 18.0 Å². The van der Waals surface area contributed by atoms with Gasteiger partial charge in [-0.25, -0.2) is 0 Å². The van der Waals surface area contributed by atoms with Gasteiger partial charge in [-0.3, -0.25) is 4.68 Å². The lowest BCUT2D eigenvalue weighted by atomic mass is 10.1. The van der Waals surface area contributed by atoms with Crippen LogP contribution in [0.1, 0.15) is 24.1 Å². The van der Waals surface area contributed by atoms with Gasteiger partial charge in [-0.2, -0.15) is 25.1 Å². The average molecular weight is 305 g/mol. The van der Waals surface area contributed by atoms with Gasteiger partial charge < -0.3 is 4.74 Å². The van der Waals surface area contributed by atoms with Crippen molar-refractivity contribution in [3.63, 3.8) is 0 Å². The molecule has 2 aromatic heterocycles. The summed E-state index contributed by atoms with van der Waals surface area (Å²) in [4.78, 5) is 4.10. The first kappa shape index (κ1) is 13.6. The highest BCUT2D eigenvalue weighted by molar-refractivity contribution is 6.32. The van der Waals surface area contributed by atoms with Crippen LogP contribution in [0, 0.1) is 11.3 Å². The van der Waals surface area contributed by atoms with Crippen molar-refractivity contribution in [2.75, 3.05) is 7.11 Å². The molecule has 3 rings (SSSR count). The molecule has 0 bridgehead atoms. The van der Waals surface area contributed by atoms with E-state index in [0.717, 1.165) is 31.5 Å². The third-order valence-corrected chi connectivity index (χ3v) is 3.74. The van der Waals surface area contributed by atoms with E-state index in [0.29, 0.717) is 22.2 Å². The summed E-state index contributed by atoms with van der Waals surface area (Å²) in [6.45, 7) is 0.845. The molecule has 0 aliphatic carbocycles. The topological polar surface area (TPSA) is 81.0 Å². The van der Waals surface area contributed by atoms with Crippen LogP contribution in [0.2, 0.25) is 5.02 Å². The molecule has 21 heavy (non-hydrogen) atoms. The number of nitrogens with zero attached hydrogens (tertiary/aromatic N) is 6. The highest BCUT2D eigenvalue weighted by Gasteiger charge is 2.23. The summed E-state index contributed by atoms with van der Waals surface area (Å²) < 4.78 is 8.19. The summed E-state index contributed by atoms with van der Waals surface area (Å²) in [6.07, 6.45) is 5.77. The number of ether oxygens (including phenoxy) is 1. The molecule has 0 spiro atoms. The monoisotopic (exact) mass is 304 g/mol. The molecular weight excluding hydrogens is 292 g/mol. The lowest BCUT2D eigenvalue weighted by Gasteiger charge is -2.12. The van der Waals surface area contributed by atoms with Crippen LogP contribution in [-0.4, -0.2) is 33.1 Å². The second-order valence-electron chi connectivity index (χ2n) is 4.64. The number of hydrogen-bond donors (Lipinski definition) is 0. The van der Waals surface area contributed by atoms with Crippen LogP contribution >= 0.6 is 11.6 Å². The Bertz CT molecular complexity index is 739. The van der Waals surface area contributed by atoms with Crippen molar-refractivity contribution in [1.82, 2.24) is 19.6 Å². The Kier molecular flexibility index (Phi) is 3.62. The summed E-state index contributed by atoms with van der Waals surface area (Å²) >= 11 is 6.43. The number of halogens is 1. The molecular formula is C13H13ClN6O. The fourth-order valence-corrected chi connectivity index (χ4v) is 2.69. The van der Waals surface area contributed by atoms with Crippen LogP contribution < -0.4 is 0 Å². The van der Waals surface area contributed by atoms with Crippen LogP contribution in [0.5, 0.6) is 0 Å². The third kappa shape index (κ3) is 2.28. The predicted octanol–water partition coefficient (Wildman–Crippen LogP) is 2.24. The lowest BCUT2D eigenvalue weighted by molar-refractivity contribution is 0.423. The van der Waals surface area contributed by atoms with Gasteiger partial charge >= 0.3 is 0 Å². The highest BCUT2D eigenvalue weighted by atomic mass is 35.5. The van der Waals surface area contributed by atoms with E-state index in [9.17, 15) is 0 Å². The van der Waals surface area contributed by atoms with Crippen molar-refractivity contribution in [1.29, 1.82) is 5.26 Å². The van der Waals surface area contributed by atoms with Crippen LogP contribution in [0.25, 0.3) is 5.82 Å². The number of rotatable bonds is 3. The van der Waals surface area contributed by atoms with Crippen molar-refractivity contribution in [2.24, 2.45) is 4.99 Å². The minimum Gasteiger partial charge on any atom is -0.486 e. The average Bonchev–Trinajstić information content (AvgIpc) is 3.06. The summed E-state index contributed by atoms with van der Waals surface area (Å²) in [5, 5.41) is 18.4. The van der Waals surface area contributed by atoms with E-state index in [-0.39, 0.29) is 0 Å². The van der Waals surface area contributed by atoms with E-state index in [2.05, 4.69) is 15.2 Å². The predicted molar refractivity (Wildman–Crippen MR) is 77.2 cm³/mol. The van der Waals surface area contributed by atoms with Crippen LogP contribution in [0.15, 0.2) is 11.2 Å². The van der Waals surface area contributed by atoms with E-state index in [1.54, 1.807) is 0 Å². The van der Waals surface area contributed by atoms with Gasteiger partial charge in [0.2, 0.25) is 0 Å². The van der Waals surface area contributed by atoms with Crippen molar-refractivity contribution < 1.29 is 4.74 Å². The van der Waals surface area contributed by atoms with E-state index in [1.807, 2.05) is 10.8 Å². The Labute approximate surface area is 126 Å². The molecule has 108 valence electrons. The molecule has 2 aromatic rings. The maximum atomic E-state index is 9.13. The molecule has 0 atom stereocenters. The number of hydrogen-bond acceptors (Lipinski definition) is 5. The maximum absolute atomic E-state index is 9.13. The molecule has 8 heteroatoms. The summed E-state index contributed by atoms with van der Waals surface area (Å²) in [5.74, 6) is 0.856. The Hall–Kier alpha value is -2.33. The molecule has 0 N–H and O–H groups in total. The Morgan fingerprint density at radius 3 is 3.10 bits per heavy atom. The van der Waals surface area contributed by atoms with Crippen LogP contribution in [0.4, 0.5) is 5.82 Å². The SMILES string of the molecule is CO/C=N\c1c(C#N)cnn1-c1nn2c(c1Cl)CCCC2. The zero-order chi connectivity index (χ0) is 14.8. The molecule has 0 fully saturated rings. The van der Waals surface area contributed by atoms with Gasteiger partial charge in [-0.05, 0) is 19.3 Å². The molecule has 1 aliphatic rings. The first-order chi connectivity index (χ1) is 10.3. The molecule has 0 aromatic carbocycles. The van der Waals surface area contributed by atoms with Gasteiger partial charge in [-0.15, -0.1) is 0 Å². The second kappa shape index (κ2) is 5.58. The van der Waals surface area contributed by atoms with Crippen molar-refractivity contribution >= 4 is 23.8 Å². The second-order valence-corrected chi connectivity index (χ2v) is 5.02. The summed E-state index contributed by atoms with van der Waals surface area (Å²) in [7, 11) is 1.48. The third-order valence-electron chi connectivity index (χ3n) is 3.36. The number of aliphatic imine (C=N–C) groups is 1. The smallest absolute Gasteiger partial charge is 0.196 e. The van der Waals surface area contributed by atoms with E-state index >= 15 is 0 Å². The first-order valence-electron chi connectivity index (χ1n) is 6.55. The van der Waals surface area contributed by atoms with Gasteiger partial charge in [0.1, 0.15) is 16.7 Å². The Morgan fingerprint density at radius 2 is 2.38 bits per heavy atom. The number of methoxy groups -OCH3 is 1. The molecule has 7 nitrogen and oxygen atoms in total. The highest BCUT2D eigenvalue weighted by Crippen LogP contribution is 2.31. The standard InChI is InChI=1S/C13H13ClN6O/c1-21-8-16-12-9(6-15)7-17-20(12)13-11(14)10-4-2-3-5-19(10)18-13/h7-8H,2-5H2,1H3/b16-8-. The molecule has 0 saturated heterocycles. The van der Waals surface area contributed by atoms with E-state index in [1.165, 1.54) is 24.4 Å². The summed E-state index contributed by atoms with van der Waals surface area (Å²) in [6, 6.07) is 2.05. The fourth-order valence-electron chi connectivity index (χ4n) is 2.38. The zero-order valence-corrected chi connectivity index (χ0v) is 12.2. The van der Waals surface area contributed by atoms with Crippen LogP contribution in [-0.2, 0) is 17.7 Å².